The topological polar surface area (TPSA) is 20.2 Å². The van der Waals surface area contributed by atoms with Crippen molar-refractivity contribution in [3.8, 4) is 11.1 Å². The molecule has 0 radical (unpaired) electrons. The van der Waals surface area contributed by atoms with Crippen LogP contribution in [0, 0.1) is 0 Å². The van der Waals surface area contributed by atoms with Gasteiger partial charge in [0.25, 0.3) is 0 Å². The minimum atomic E-state index is -4.38. The Labute approximate surface area is 185 Å². The van der Waals surface area contributed by atoms with Crippen molar-refractivity contribution in [3.63, 3.8) is 0 Å². The molecule has 0 saturated carbocycles. The molecule has 2 aliphatic carbocycles. The second kappa shape index (κ2) is 7.84. The first-order chi connectivity index (χ1) is 12.8. The van der Waals surface area contributed by atoms with Gasteiger partial charge in [-0.1, -0.05) is 0 Å². The van der Waals surface area contributed by atoms with Crippen molar-refractivity contribution in [1.29, 1.82) is 0 Å². The van der Waals surface area contributed by atoms with Gasteiger partial charge >= 0.3 is 162 Å². The Kier molecular flexibility index (Phi) is 6.68. The fourth-order valence-corrected chi connectivity index (χ4v) is 41.6. The zero-order valence-corrected chi connectivity index (χ0v) is 22.8. The van der Waals surface area contributed by atoms with Crippen LogP contribution < -0.4 is 0 Å². The number of hydrogen-bond donors (Lipinski definition) is 1. The maximum absolute atomic E-state index is 10.4. The van der Waals surface area contributed by atoms with E-state index < -0.39 is 21.9 Å². The summed E-state index contributed by atoms with van der Waals surface area (Å²) in [5, 5.41) is 10.4. The van der Waals surface area contributed by atoms with Gasteiger partial charge in [0.15, 0.2) is 0 Å². The standard InChI is InChI=1S/C13H9.C5H5.C2H5O.C2H7Si.CH3.CH2.2ClH.Zr/c1-3-7-12-10(5-1)9-11-6-2-4-8-13(11)12;1-2-4-5-3-1;1-2-3;1-3-2;;;;;/h1-9H;1-3H,4H2;3H,1-2H2;3H,1-2H3;1H3;1H2;2*1H;. The molecular formula is C24H33Cl2OSiZr. The Morgan fingerprint density at radius 1 is 1.00 bits per heavy atom. The summed E-state index contributed by atoms with van der Waals surface area (Å²) in [5.74, 6) is -1.27. The van der Waals surface area contributed by atoms with E-state index in [0.29, 0.717) is 3.63 Å². The Hall–Kier alpha value is -0.570. The Bertz CT molecular complexity index is 1040. The number of benzene rings is 2. The van der Waals surface area contributed by atoms with Crippen LogP contribution in [0.15, 0.2) is 70.0 Å². The van der Waals surface area contributed by atoms with Crippen LogP contribution in [0.2, 0.25) is 21.9 Å². The van der Waals surface area contributed by atoms with Gasteiger partial charge in [-0.3, -0.25) is 0 Å². The summed E-state index contributed by atoms with van der Waals surface area (Å²) >= 11 is -4.38. The van der Waals surface area contributed by atoms with Crippen molar-refractivity contribution >= 4 is 34.9 Å². The number of hydrogen-bond acceptors (Lipinski definition) is 1. The second-order valence-electron chi connectivity index (χ2n) is 9.97. The van der Waals surface area contributed by atoms with Gasteiger partial charge in [0.1, 0.15) is 0 Å². The molecule has 0 aromatic heterocycles. The van der Waals surface area contributed by atoms with Gasteiger partial charge in [-0.25, -0.2) is 0 Å². The molecule has 0 unspecified atom stereocenters. The first kappa shape index (κ1) is 24.7. The molecule has 2 aliphatic rings. The van der Waals surface area contributed by atoms with Crippen LogP contribution in [-0.2, 0) is 16.0 Å². The molecule has 0 bridgehead atoms. The SMILES string of the molecule is Cl.Cl.[CH2]=[Zr]([CH3])([CH2]CO)([C]1=CC=CC1)([CH]1c2ccccc2-c2ccccc21)[SiH](C)C. The molecule has 0 aliphatic heterocycles. The minimum absolute atomic E-state index is 0. The van der Waals surface area contributed by atoms with E-state index in [9.17, 15) is 5.11 Å². The molecule has 157 valence electrons. The first-order valence-electron chi connectivity index (χ1n) is 10.2. The molecule has 0 spiro atoms. The number of rotatable bonds is 5. The van der Waals surface area contributed by atoms with E-state index in [1.165, 1.54) is 22.3 Å². The molecule has 1 nitrogen and oxygen atoms in total. The summed E-state index contributed by atoms with van der Waals surface area (Å²) in [6.07, 6.45) is 7.90. The van der Waals surface area contributed by atoms with Gasteiger partial charge in [-0.05, 0) is 0 Å². The zero-order chi connectivity index (χ0) is 19.3. The third-order valence-corrected chi connectivity index (χ3v) is 66.1. The summed E-state index contributed by atoms with van der Waals surface area (Å²) < 4.78 is 10.8. The molecule has 0 fully saturated rings. The molecule has 2 aromatic carbocycles. The van der Waals surface area contributed by atoms with Crippen molar-refractivity contribution in [1.82, 2.24) is 0 Å². The average Bonchev–Trinajstić information content (AvgIpc) is 3.30. The second-order valence-corrected chi connectivity index (χ2v) is 53.7. The molecule has 29 heavy (non-hydrogen) atoms. The van der Waals surface area contributed by atoms with Gasteiger partial charge in [-0.2, -0.15) is 0 Å². The third kappa shape index (κ3) is 3.04. The Morgan fingerprint density at radius 3 is 1.93 bits per heavy atom. The van der Waals surface area contributed by atoms with E-state index in [0.717, 1.165) is 10.5 Å². The average molecular weight is 528 g/mol. The van der Waals surface area contributed by atoms with E-state index in [1.807, 2.05) is 0 Å². The fraction of sp³-hybridized carbons (Fsp3) is 0.292. The Morgan fingerprint density at radius 2 is 1.52 bits per heavy atom. The van der Waals surface area contributed by atoms with Gasteiger partial charge < -0.3 is 0 Å². The van der Waals surface area contributed by atoms with E-state index in [-0.39, 0.29) is 31.4 Å². The monoisotopic (exact) mass is 525 g/mol. The van der Waals surface area contributed by atoms with E-state index in [4.69, 9.17) is 4.21 Å². The summed E-state index contributed by atoms with van der Waals surface area (Å²) in [6.45, 7) is 5.24. The summed E-state index contributed by atoms with van der Waals surface area (Å²) in [7, 11) is 0. The molecule has 4 rings (SSSR count). The normalized spacial score (nSPS) is 17.5. The molecular weight excluding hydrogens is 494 g/mol. The quantitative estimate of drug-likeness (QED) is 0.438. The van der Waals surface area contributed by atoms with Crippen molar-refractivity contribution < 1.29 is 21.1 Å². The van der Waals surface area contributed by atoms with Crippen molar-refractivity contribution in [2.75, 3.05) is 6.61 Å². The zero-order valence-electron chi connectivity index (χ0n) is 17.6. The van der Waals surface area contributed by atoms with Gasteiger partial charge in [0, 0.05) is 0 Å². The van der Waals surface area contributed by atoms with Crippen LogP contribution >= 0.6 is 24.8 Å². The predicted molar refractivity (Wildman–Crippen MR) is 134 cm³/mol. The van der Waals surface area contributed by atoms with Crippen molar-refractivity contribution in [2.45, 2.75) is 31.9 Å². The van der Waals surface area contributed by atoms with Crippen molar-refractivity contribution in [2.24, 2.45) is 0 Å². The van der Waals surface area contributed by atoms with E-state index in [1.54, 1.807) is 3.28 Å². The van der Waals surface area contributed by atoms with E-state index in [2.05, 4.69) is 84.5 Å². The van der Waals surface area contributed by atoms with Gasteiger partial charge in [0.05, 0.1) is 0 Å². The summed E-state index contributed by atoms with van der Waals surface area (Å²) in [5.41, 5.74) is 5.66. The van der Waals surface area contributed by atoms with Crippen molar-refractivity contribution in [3.05, 3.63) is 81.2 Å². The maximum atomic E-state index is 10.4. The molecule has 0 amide bonds. The third-order valence-electron chi connectivity index (χ3n) is 8.73. The molecule has 5 heteroatoms. The summed E-state index contributed by atoms with van der Waals surface area (Å²) in [4.78, 5) is 0. The number of aliphatic hydroxyl groups excluding tert-OH is 1. The fourth-order valence-electron chi connectivity index (χ4n) is 6.21. The molecule has 0 heterocycles. The van der Waals surface area contributed by atoms with Crippen LogP contribution in [0.5, 0.6) is 0 Å². The van der Waals surface area contributed by atoms with Crippen LogP contribution in [0.4, 0.5) is 0 Å². The number of aliphatic hydroxyl groups is 1. The predicted octanol–water partition coefficient (Wildman–Crippen LogP) is 6.54. The summed E-state index contributed by atoms with van der Waals surface area (Å²) in [6, 6.07) is 17.9. The number of fused-ring (bicyclic) bond motifs is 3. The Balaban J connectivity index is 0.00000150. The van der Waals surface area contributed by atoms with Crippen LogP contribution in [-0.4, -0.2) is 21.8 Å². The molecule has 2 aromatic rings. The van der Waals surface area contributed by atoms with Gasteiger partial charge in [-0.15, -0.1) is 24.8 Å². The first-order valence-corrected chi connectivity index (χ1v) is 25.9. The molecule has 1 N–H and O–H groups in total. The molecule has 0 saturated heterocycles. The molecule has 0 atom stereocenters. The number of allylic oxidation sites excluding steroid dienone is 4. The van der Waals surface area contributed by atoms with Crippen LogP contribution in [0.1, 0.15) is 21.2 Å². The van der Waals surface area contributed by atoms with Crippen LogP contribution in [0.3, 0.4) is 0 Å². The van der Waals surface area contributed by atoms with Gasteiger partial charge in [0.2, 0.25) is 0 Å². The van der Waals surface area contributed by atoms with E-state index >= 15 is 0 Å². The van der Waals surface area contributed by atoms with Crippen LogP contribution in [0.25, 0.3) is 11.1 Å². The number of halogens is 2.